The SMILES string of the molecule is CCNC(=NCC(C)SC)NCCCOCC(C)C.I. The van der Waals surface area contributed by atoms with Gasteiger partial charge in [0.15, 0.2) is 5.96 Å². The third kappa shape index (κ3) is 14.7. The van der Waals surface area contributed by atoms with E-state index in [1.54, 1.807) is 0 Å². The maximum Gasteiger partial charge on any atom is 0.191 e. The monoisotopic (exact) mass is 417 g/mol. The summed E-state index contributed by atoms with van der Waals surface area (Å²) < 4.78 is 5.55. The van der Waals surface area contributed by atoms with E-state index < -0.39 is 0 Å². The van der Waals surface area contributed by atoms with Gasteiger partial charge in [0.1, 0.15) is 0 Å². The Morgan fingerprint density at radius 3 is 2.50 bits per heavy atom. The standard InChI is InChI=1S/C14H31N3OS.HI/c1-6-15-14(17-10-13(4)19-5)16-8-7-9-18-11-12(2)3;/h12-13H,6-11H2,1-5H3,(H2,15,16,17);1H. The van der Waals surface area contributed by atoms with Crippen LogP contribution < -0.4 is 10.6 Å². The van der Waals surface area contributed by atoms with Crippen LogP contribution in [0.4, 0.5) is 0 Å². The normalized spacial score (nSPS) is 13.0. The van der Waals surface area contributed by atoms with Crippen molar-refractivity contribution in [3.8, 4) is 0 Å². The third-order valence-corrected chi connectivity index (χ3v) is 3.42. The summed E-state index contributed by atoms with van der Waals surface area (Å²) in [6, 6.07) is 0. The second-order valence-corrected chi connectivity index (χ2v) is 6.29. The highest BCUT2D eigenvalue weighted by molar-refractivity contribution is 14.0. The fourth-order valence-electron chi connectivity index (χ4n) is 1.34. The molecule has 20 heavy (non-hydrogen) atoms. The maximum absolute atomic E-state index is 5.55. The predicted molar refractivity (Wildman–Crippen MR) is 103 cm³/mol. The van der Waals surface area contributed by atoms with Crippen LogP contribution in [0.3, 0.4) is 0 Å². The van der Waals surface area contributed by atoms with Gasteiger partial charge in [-0.2, -0.15) is 11.8 Å². The molecule has 0 bridgehead atoms. The minimum Gasteiger partial charge on any atom is -0.381 e. The van der Waals surface area contributed by atoms with Gasteiger partial charge in [0.05, 0.1) is 6.54 Å². The molecule has 122 valence electrons. The molecule has 0 aromatic heterocycles. The van der Waals surface area contributed by atoms with Crippen LogP contribution >= 0.6 is 35.7 Å². The van der Waals surface area contributed by atoms with Crippen LogP contribution in [-0.2, 0) is 4.74 Å². The Balaban J connectivity index is 0. The van der Waals surface area contributed by atoms with Gasteiger partial charge < -0.3 is 15.4 Å². The van der Waals surface area contributed by atoms with Crippen molar-refractivity contribution >= 4 is 41.7 Å². The van der Waals surface area contributed by atoms with E-state index >= 15 is 0 Å². The average Bonchev–Trinajstić information content (AvgIpc) is 2.38. The molecule has 0 spiro atoms. The van der Waals surface area contributed by atoms with Gasteiger partial charge >= 0.3 is 0 Å². The van der Waals surface area contributed by atoms with E-state index in [1.165, 1.54) is 0 Å². The first kappa shape index (κ1) is 22.6. The van der Waals surface area contributed by atoms with Crippen molar-refractivity contribution < 1.29 is 4.74 Å². The van der Waals surface area contributed by atoms with Crippen molar-refractivity contribution in [2.75, 3.05) is 39.1 Å². The minimum absolute atomic E-state index is 0. The zero-order valence-corrected chi connectivity index (χ0v) is 16.7. The fraction of sp³-hybridized carbons (Fsp3) is 0.929. The van der Waals surface area contributed by atoms with E-state index in [2.05, 4.69) is 49.6 Å². The molecule has 0 radical (unpaired) electrons. The molecule has 0 aliphatic rings. The van der Waals surface area contributed by atoms with E-state index in [0.29, 0.717) is 11.2 Å². The highest BCUT2D eigenvalue weighted by Crippen LogP contribution is 2.04. The van der Waals surface area contributed by atoms with Crippen LogP contribution in [0.15, 0.2) is 4.99 Å². The largest absolute Gasteiger partial charge is 0.381 e. The van der Waals surface area contributed by atoms with Crippen molar-refractivity contribution in [2.24, 2.45) is 10.9 Å². The Morgan fingerprint density at radius 1 is 1.25 bits per heavy atom. The number of hydrogen-bond acceptors (Lipinski definition) is 3. The summed E-state index contributed by atoms with van der Waals surface area (Å²) in [5.41, 5.74) is 0. The van der Waals surface area contributed by atoms with Gasteiger partial charge in [0.25, 0.3) is 0 Å². The molecule has 4 nitrogen and oxygen atoms in total. The van der Waals surface area contributed by atoms with Gasteiger partial charge in [-0.1, -0.05) is 20.8 Å². The highest BCUT2D eigenvalue weighted by Gasteiger charge is 2.00. The maximum atomic E-state index is 5.55. The number of hydrogen-bond donors (Lipinski definition) is 2. The molecule has 1 unspecified atom stereocenters. The number of guanidine groups is 1. The lowest BCUT2D eigenvalue weighted by Crippen LogP contribution is -2.38. The first-order valence-electron chi connectivity index (χ1n) is 7.22. The molecule has 0 aromatic rings. The summed E-state index contributed by atoms with van der Waals surface area (Å²) >= 11 is 1.84. The Bertz CT molecular complexity index is 240. The molecule has 2 N–H and O–H groups in total. The lowest BCUT2D eigenvalue weighted by Gasteiger charge is -2.13. The summed E-state index contributed by atoms with van der Waals surface area (Å²) in [7, 11) is 0. The summed E-state index contributed by atoms with van der Waals surface area (Å²) in [5.74, 6) is 1.52. The first-order valence-corrected chi connectivity index (χ1v) is 8.51. The van der Waals surface area contributed by atoms with Crippen molar-refractivity contribution in [1.82, 2.24) is 10.6 Å². The van der Waals surface area contributed by atoms with Crippen molar-refractivity contribution in [3.63, 3.8) is 0 Å². The number of halogens is 1. The Hall–Kier alpha value is 0.310. The molecule has 0 fully saturated rings. The predicted octanol–water partition coefficient (Wildman–Crippen LogP) is 2.97. The fourth-order valence-corrected chi connectivity index (χ4v) is 1.56. The number of nitrogens with one attached hydrogen (secondary N) is 2. The Morgan fingerprint density at radius 2 is 1.95 bits per heavy atom. The van der Waals surface area contributed by atoms with E-state index in [9.17, 15) is 0 Å². The number of ether oxygens (including phenoxy) is 1. The summed E-state index contributed by atoms with van der Waals surface area (Å²) in [6.45, 7) is 12.9. The number of thioether (sulfide) groups is 1. The molecule has 0 rings (SSSR count). The van der Waals surface area contributed by atoms with E-state index in [-0.39, 0.29) is 24.0 Å². The van der Waals surface area contributed by atoms with Crippen LogP contribution in [0.2, 0.25) is 0 Å². The van der Waals surface area contributed by atoms with Crippen LogP contribution in [0.5, 0.6) is 0 Å². The molecule has 0 saturated carbocycles. The topological polar surface area (TPSA) is 45.7 Å². The smallest absolute Gasteiger partial charge is 0.191 e. The van der Waals surface area contributed by atoms with E-state index in [1.807, 2.05) is 11.8 Å². The highest BCUT2D eigenvalue weighted by atomic mass is 127. The first-order chi connectivity index (χ1) is 9.10. The summed E-state index contributed by atoms with van der Waals surface area (Å²) in [6.07, 6.45) is 3.13. The molecule has 6 heteroatoms. The lowest BCUT2D eigenvalue weighted by molar-refractivity contribution is 0.108. The minimum atomic E-state index is 0. The van der Waals surface area contributed by atoms with Crippen molar-refractivity contribution in [2.45, 2.75) is 39.4 Å². The molecule has 0 aliphatic carbocycles. The number of nitrogens with zero attached hydrogens (tertiary/aromatic N) is 1. The van der Waals surface area contributed by atoms with Crippen molar-refractivity contribution in [3.05, 3.63) is 0 Å². The number of rotatable bonds is 10. The van der Waals surface area contributed by atoms with Crippen LogP contribution in [-0.4, -0.2) is 50.3 Å². The molecule has 0 heterocycles. The van der Waals surface area contributed by atoms with Crippen LogP contribution in [0.1, 0.15) is 34.1 Å². The quantitative estimate of drug-likeness (QED) is 0.248. The van der Waals surface area contributed by atoms with Gasteiger partial charge in [-0.05, 0) is 25.5 Å². The van der Waals surface area contributed by atoms with Crippen LogP contribution in [0.25, 0.3) is 0 Å². The Kier molecular flexibility index (Phi) is 17.7. The van der Waals surface area contributed by atoms with Gasteiger partial charge in [0.2, 0.25) is 0 Å². The van der Waals surface area contributed by atoms with Gasteiger partial charge in [-0.3, -0.25) is 4.99 Å². The van der Waals surface area contributed by atoms with E-state index in [0.717, 1.165) is 45.2 Å². The lowest BCUT2D eigenvalue weighted by atomic mass is 10.2. The van der Waals surface area contributed by atoms with Gasteiger partial charge in [-0.25, -0.2) is 0 Å². The van der Waals surface area contributed by atoms with Gasteiger partial charge in [0, 0.05) is 31.6 Å². The zero-order valence-electron chi connectivity index (χ0n) is 13.6. The summed E-state index contributed by atoms with van der Waals surface area (Å²) in [5, 5.41) is 7.16. The van der Waals surface area contributed by atoms with Crippen molar-refractivity contribution in [1.29, 1.82) is 0 Å². The average molecular weight is 417 g/mol. The second kappa shape index (κ2) is 15.7. The molecule has 0 saturated heterocycles. The molecule has 0 aliphatic heterocycles. The molecule has 1 atom stereocenters. The number of aliphatic imine (C=N–C) groups is 1. The third-order valence-electron chi connectivity index (χ3n) is 2.46. The molecule has 0 amide bonds. The second-order valence-electron chi connectivity index (χ2n) is 5.02. The molecular weight excluding hydrogens is 385 g/mol. The Labute approximate surface area is 146 Å². The molecule has 0 aromatic carbocycles. The van der Waals surface area contributed by atoms with Gasteiger partial charge in [-0.15, -0.1) is 24.0 Å². The molecular formula is C14H32IN3OS. The van der Waals surface area contributed by atoms with Crippen LogP contribution in [0, 0.1) is 5.92 Å². The zero-order chi connectivity index (χ0) is 14.5. The summed E-state index contributed by atoms with van der Waals surface area (Å²) in [4.78, 5) is 4.56. The van der Waals surface area contributed by atoms with E-state index in [4.69, 9.17) is 4.74 Å².